The maximum absolute atomic E-state index is 12.3. The number of amides is 1. The second-order valence-corrected chi connectivity index (χ2v) is 6.01. The highest BCUT2D eigenvalue weighted by atomic mass is 32.1. The van der Waals surface area contributed by atoms with Gasteiger partial charge in [-0.1, -0.05) is 42.5 Å². The number of carbonyl (C=O) groups is 1. The molecule has 27 heavy (non-hydrogen) atoms. The molecule has 7 heteroatoms. The number of aliphatic hydroxyl groups excluding tert-OH is 1. The first kappa shape index (κ1) is 20.6. The molecule has 0 aliphatic carbocycles. The van der Waals surface area contributed by atoms with Crippen LogP contribution in [0, 0.1) is 0 Å². The maximum Gasteiger partial charge on any atom is 0.246 e. The molecule has 2 rings (SSSR count). The van der Waals surface area contributed by atoms with E-state index in [2.05, 4.69) is 0 Å². The van der Waals surface area contributed by atoms with Crippen molar-refractivity contribution in [2.24, 2.45) is 0 Å². The van der Waals surface area contributed by atoms with Crippen molar-refractivity contribution >= 4 is 29.2 Å². The van der Waals surface area contributed by atoms with Crippen LogP contribution in [0.25, 0.3) is 6.08 Å². The first-order valence-electron chi connectivity index (χ1n) is 8.44. The lowest BCUT2D eigenvalue weighted by atomic mass is 10.2. The molecule has 0 unspecified atom stereocenters. The molecule has 0 fully saturated rings. The second kappa shape index (κ2) is 11.1. The summed E-state index contributed by atoms with van der Waals surface area (Å²) in [6.45, 7) is 0.742. The van der Waals surface area contributed by atoms with Gasteiger partial charge in [0.25, 0.3) is 0 Å². The van der Waals surface area contributed by atoms with Crippen LogP contribution in [0.4, 0.5) is 0 Å². The Morgan fingerprint density at radius 2 is 1.81 bits per heavy atom. The Balaban J connectivity index is 1.87. The summed E-state index contributed by atoms with van der Waals surface area (Å²) < 4.78 is 5.64. The molecule has 0 radical (unpaired) electrons. The fourth-order valence-corrected chi connectivity index (χ4v) is 2.47. The van der Waals surface area contributed by atoms with Crippen LogP contribution in [0.1, 0.15) is 11.1 Å². The van der Waals surface area contributed by atoms with Crippen molar-refractivity contribution in [3.05, 3.63) is 71.8 Å². The summed E-state index contributed by atoms with van der Waals surface area (Å²) in [5.74, 6) is 0.432. The maximum atomic E-state index is 12.3. The SMILES string of the molecule is O=C(C=Cc1ccccc1)N(CCO)CCOc1ccc(C(=S)NO)cc1. The fourth-order valence-electron chi connectivity index (χ4n) is 2.33. The van der Waals surface area contributed by atoms with E-state index in [9.17, 15) is 9.90 Å². The number of hydrogen-bond acceptors (Lipinski definition) is 5. The molecule has 1 amide bonds. The van der Waals surface area contributed by atoms with Gasteiger partial charge in [-0.25, -0.2) is 0 Å². The van der Waals surface area contributed by atoms with Gasteiger partial charge >= 0.3 is 0 Å². The van der Waals surface area contributed by atoms with Crippen LogP contribution in [0.5, 0.6) is 5.75 Å². The summed E-state index contributed by atoms with van der Waals surface area (Å²) in [6.07, 6.45) is 3.23. The summed E-state index contributed by atoms with van der Waals surface area (Å²) in [5.41, 5.74) is 3.53. The minimum absolute atomic E-state index is 0.120. The first-order valence-corrected chi connectivity index (χ1v) is 8.85. The van der Waals surface area contributed by atoms with Gasteiger partial charge in [-0.15, -0.1) is 0 Å². The van der Waals surface area contributed by atoms with Crippen molar-refractivity contribution in [3.8, 4) is 5.75 Å². The van der Waals surface area contributed by atoms with E-state index in [1.165, 1.54) is 11.0 Å². The Morgan fingerprint density at radius 1 is 1.11 bits per heavy atom. The Morgan fingerprint density at radius 3 is 2.44 bits per heavy atom. The third kappa shape index (κ3) is 6.82. The van der Waals surface area contributed by atoms with Crippen LogP contribution < -0.4 is 10.2 Å². The van der Waals surface area contributed by atoms with E-state index < -0.39 is 0 Å². The zero-order chi connectivity index (χ0) is 19.5. The molecule has 0 aromatic heterocycles. The number of thiocarbonyl (C=S) groups is 1. The minimum atomic E-state index is -0.189. The molecule has 142 valence electrons. The number of benzene rings is 2. The lowest BCUT2D eigenvalue weighted by Gasteiger charge is -2.20. The highest BCUT2D eigenvalue weighted by Crippen LogP contribution is 2.12. The van der Waals surface area contributed by atoms with Crippen LogP contribution in [-0.2, 0) is 4.79 Å². The molecule has 0 saturated carbocycles. The molecule has 0 aliphatic heterocycles. The zero-order valence-corrected chi connectivity index (χ0v) is 15.6. The molecule has 3 N–H and O–H groups in total. The van der Waals surface area contributed by atoms with Crippen molar-refractivity contribution in [2.75, 3.05) is 26.3 Å². The molecule has 0 heterocycles. The summed E-state index contributed by atoms with van der Waals surface area (Å²) in [7, 11) is 0. The molecule has 0 atom stereocenters. The molecule has 2 aromatic rings. The molecule has 0 bridgehead atoms. The average Bonchev–Trinajstić information content (AvgIpc) is 2.72. The highest BCUT2D eigenvalue weighted by molar-refractivity contribution is 7.80. The smallest absolute Gasteiger partial charge is 0.246 e. The first-order chi connectivity index (χ1) is 13.1. The molecule has 0 spiro atoms. The lowest BCUT2D eigenvalue weighted by Crippen LogP contribution is -2.35. The Kier molecular flexibility index (Phi) is 8.44. The fraction of sp³-hybridized carbons (Fsp3) is 0.200. The topological polar surface area (TPSA) is 82.0 Å². The van der Waals surface area contributed by atoms with Crippen LogP contribution in [0.3, 0.4) is 0 Å². The number of aliphatic hydroxyl groups is 1. The third-order valence-electron chi connectivity index (χ3n) is 3.75. The van der Waals surface area contributed by atoms with Crippen LogP contribution >= 0.6 is 12.2 Å². The number of hydrogen-bond donors (Lipinski definition) is 3. The number of rotatable bonds is 9. The van der Waals surface area contributed by atoms with E-state index in [1.54, 1.807) is 30.3 Å². The van der Waals surface area contributed by atoms with Gasteiger partial charge in [-0.05, 0) is 35.9 Å². The van der Waals surface area contributed by atoms with E-state index in [0.717, 1.165) is 5.56 Å². The van der Waals surface area contributed by atoms with E-state index in [1.807, 2.05) is 35.8 Å². The van der Waals surface area contributed by atoms with Crippen LogP contribution in [0.2, 0.25) is 0 Å². The number of carbonyl (C=O) groups excluding carboxylic acids is 1. The van der Waals surface area contributed by atoms with Crippen LogP contribution in [-0.4, -0.2) is 52.4 Å². The van der Waals surface area contributed by atoms with E-state index in [4.69, 9.17) is 22.2 Å². The van der Waals surface area contributed by atoms with E-state index in [0.29, 0.717) is 17.9 Å². The predicted molar refractivity (Wildman–Crippen MR) is 108 cm³/mol. The van der Waals surface area contributed by atoms with Gasteiger partial charge in [0.15, 0.2) is 0 Å². The molecular weight excluding hydrogens is 364 g/mol. The quantitative estimate of drug-likeness (QED) is 0.348. The molecule has 0 saturated heterocycles. The molecule has 0 aliphatic rings. The van der Waals surface area contributed by atoms with Gasteiger partial charge < -0.3 is 14.7 Å². The Bertz CT molecular complexity index is 763. The van der Waals surface area contributed by atoms with Gasteiger partial charge in [0.05, 0.1) is 13.2 Å². The van der Waals surface area contributed by atoms with Crippen molar-refractivity contribution in [1.29, 1.82) is 0 Å². The molecule has 2 aromatic carbocycles. The Labute approximate surface area is 163 Å². The molecular formula is C20H22N2O4S. The highest BCUT2D eigenvalue weighted by Gasteiger charge is 2.10. The number of ether oxygens (including phenoxy) is 1. The van der Waals surface area contributed by atoms with Gasteiger partial charge in [-0.2, -0.15) is 0 Å². The largest absolute Gasteiger partial charge is 0.492 e. The van der Waals surface area contributed by atoms with Gasteiger partial charge in [0, 0.05) is 18.2 Å². The van der Waals surface area contributed by atoms with Crippen molar-refractivity contribution in [1.82, 2.24) is 10.4 Å². The predicted octanol–water partition coefficient (Wildman–Crippen LogP) is 2.25. The summed E-state index contributed by atoms with van der Waals surface area (Å²) in [5, 5.41) is 18.0. The standard InChI is InChI=1S/C20H22N2O4S/c23-14-12-22(19(24)11-6-16-4-2-1-3-5-16)13-15-26-18-9-7-17(8-10-18)20(27)21-25/h1-11,23,25H,12-15H2,(H,21,27). The number of nitrogens with one attached hydrogen (secondary N) is 1. The number of hydroxylamine groups is 1. The third-order valence-corrected chi connectivity index (χ3v) is 4.07. The van der Waals surface area contributed by atoms with Gasteiger partial charge in [-0.3, -0.25) is 15.5 Å². The summed E-state index contributed by atoms with van der Waals surface area (Å²) in [6, 6.07) is 16.4. The van der Waals surface area contributed by atoms with Gasteiger partial charge in [0.1, 0.15) is 17.3 Å². The Hall–Kier alpha value is -2.74. The summed E-state index contributed by atoms with van der Waals surface area (Å²) >= 11 is 4.93. The minimum Gasteiger partial charge on any atom is -0.492 e. The molecule has 6 nitrogen and oxygen atoms in total. The van der Waals surface area contributed by atoms with Crippen molar-refractivity contribution < 1.29 is 19.8 Å². The zero-order valence-electron chi connectivity index (χ0n) is 14.7. The van der Waals surface area contributed by atoms with E-state index in [-0.39, 0.29) is 30.7 Å². The normalized spacial score (nSPS) is 10.6. The number of nitrogens with zero attached hydrogens (tertiary/aromatic N) is 1. The van der Waals surface area contributed by atoms with Crippen LogP contribution in [0.15, 0.2) is 60.7 Å². The van der Waals surface area contributed by atoms with Crippen molar-refractivity contribution in [2.45, 2.75) is 0 Å². The summed E-state index contributed by atoms with van der Waals surface area (Å²) in [4.78, 5) is 14.1. The van der Waals surface area contributed by atoms with Gasteiger partial charge in [0.2, 0.25) is 5.91 Å². The van der Waals surface area contributed by atoms with E-state index >= 15 is 0 Å². The lowest BCUT2D eigenvalue weighted by molar-refractivity contribution is -0.126. The average molecular weight is 386 g/mol. The second-order valence-electron chi connectivity index (χ2n) is 5.61. The monoisotopic (exact) mass is 386 g/mol. The van der Waals surface area contributed by atoms with Crippen molar-refractivity contribution in [3.63, 3.8) is 0 Å².